The molecule has 7 aromatic rings. The van der Waals surface area contributed by atoms with Crippen LogP contribution >= 0.6 is 0 Å². The quantitative estimate of drug-likeness (QED) is 0.204. The first kappa shape index (κ1) is 27.0. The summed E-state index contributed by atoms with van der Waals surface area (Å²) in [6.07, 6.45) is 0. The van der Waals surface area contributed by atoms with Gasteiger partial charge in [-0.15, -0.1) is 0 Å². The van der Waals surface area contributed by atoms with Crippen LogP contribution in [0.1, 0.15) is 25.0 Å². The summed E-state index contributed by atoms with van der Waals surface area (Å²) in [6, 6.07) is 56.0. The molecule has 0 fully saturated rings. The van der Waals surface area contributed by atoms with Gasteiger partial charge in [-0.2, -0.15) is 0 Å². The van der Waals surface area contributed by atoms with Crippen LogP contribution in [0.3, 0.4) is 0 Å². The fourth-order valence-corrected chi connectivity index (χ4v) is 6.67. The third-order valence-corrected chi connectivity index (χ3v) is 9.12. The Morgan fingerprint density at radius 2 is 0.867 bits per heavy atom. The predicted molar refractivity (Wildman–Crippen MR) is 187 cm³/mol. The van der Waals surface area contributed by atoms with E-state index in [-0.39, 0.29) is 5.41 Å². The van der Waals surface area contributed by atoms with Crippen LogP contribution in [0.2, 0.25) is 0 Å². The van der Waals surface area contributed by atoms with Crippen LogP contribution in [0.4, 0.5) is 0 Å². The number of hydrogen-bond donors (Lipinski definition) is 0. The highest BCUT2D eigenvalue weighted by atomic mass is 14.9. The van der Waals surface area contributed by atoms with Gasteiger partial charge in [-0.25, -0.2) is 9.97 Å². The van der Waals surface area contributed by atoms with Crippen molar-refractivity contribution in [3.63, 3.8) is 0 Å². The molecule has 1 aliphatic carbocycles. The van der Waals surface area contributed by atoms with E-state index in [1.54, 1.807) is 0 Å². The van der Waals surface area contributed by atoms with Gasteiger partial charge in [0.2, 0.25) is 0 Å². The molecule has 0 radical (unpaired) electrons. The third kappa shape index (κ3) is 4.85. The highest BCUT2D eigenvalue weighted by Gasteiger charge is 2.35. The number of hydrogen-bond acceptors (Lipinski definition) is 2. The fraction of sp³-hybridized carbons (Fsp3) is 0.0698. The Balaban J connectivity index is 1.13. The average molecular weight is 577 g/mol. The zero-order valence-electron chi connectivity index (χ0n) is 25.4. The van der Waals surface area contributed by atoms with E-state index in [0.29, 0.717) is 0 Å². The summed E-state index contributed by atoms with van der Waals surface area (Å²) >= 11 is 0. The maximum atomic E-state index is 5.03. The van der Waals surface area contributed by atoms with Gasteiger partial charge < -0.3 is 0 Å². The monoisotopic (exact) mass is 576 g/mol. The minimum atomic E-state index is -0.00986. The summed E-state index contributed by atoms with van der Waals surface area (Å²) in [5.41, 5.74) is 15.3. The maximum absolute atomic E-state index is 5.03. The van der Waals surface area contributed by atoms with Crippen LogP contribution in [0.25, 0.3) is 67.3 Å². The largest absolute Gasteiger partial charge is 0.228 e. The summed E-state index contributed by atoms with van der Waals surface area (Å²) in [4.78, 5) is 9.98. The molecule has 8 rings (SSSR count). The van der Waals surface area contributed by atoms with Crippen LogP contribution in [-0.4, -0.2) is 9.97 Å². The van der Waals surface area contributed by atoms with E-state index in [9.17, 15) is 0 Å². The molecule has 2 heteroatoms. The molecular weight excluding hydrogens is 544 g/mol. The minimum absolute atomic E-state index is 0.00986. The maximum Gasteiger partial charge on any atom is 0.160 e. The van der Waals surface area contributed by atoms with Gasteiger partial charge in [-0.1, -0.05) is 153 Å². The second-order valence-electron chi connectivity index (χ2n) is 12.3. The SMILES string of the molecule is CC1(C)c2ccccc2-c2ccc(-c3ccc(-c4cccc(-c5cc(-c6ccccc6)nc(-c6ccccc6)n5)c4)cc3)cc21. The van der Waals surface area contributed by atoms with Gasteiger partial charge in [-0.05, 0) is 62.7 Å². The molecule has 1 aliphatic rings. The predicted octanol–water partition coefficient (Wildman–Crippen LogP) is 11.1. The summed E-state index contributed by atoms with van der Waals surface area (Å²) in [5, 5.41) is 0. The number of aromatic nitrogens is 2. The van der Waals surface area contributed by atoms with Crippen LogP contribution in [0, 0.1) is 0 Å². The van der Waals surface area contributed by atoms with Crippen molar-refractivity contribution in [3.8, 4) is 67.3 Å². The van der Waals surface area contributed by atoms with Gasteiger partial charge >= 0.3 is 0 Å². The molecule has 0 aliphatic heterocycles. The normalized spacial score (nSPS) is 12.8. The minimum Gasteiger partial charge on any atom is -0.228 e. The summed E-state index contributed by atoms with van der Waals surface area (Å²) in [6.45, 7) is 4.67. The van der Waals surface area contributed by atoms with Crippen LogP contribution in [-0.2, 0) is 5.41 Å². The molecule has 0 spiro atoms. The molecular formula is C43H32N2. The Morgan fingerprint density at radius 1 is 0.356 bits per heavy atom. The Bertz CT molecular complexity index is 2100. The first-order valence-corrected chi connectivity index (χ1v) is 15.5. The smallest absolute Gasteiger partial charge is 0.160 e. The van der Waals surface area contributed by atoms with Gasteiger partial charge in [0.1, 0.15) is 0 Å². The van der Waals surface area contributed by atoms with Gasteiger partial charge in [0.25, 0.3) is 0 Å². The lowest BCUT2D eigenvalue weighted by atomic mass is 9.81. The summed E-state index contributed by atoms with van der Waals surface area (Å²) < 4.78 is 0. The molecule has 214 valence electrons. The third-order valence-electron chi connectivity index (χ3n) is 9.12. The molecule has 1 heterocycles. The van der Waals surface area contributed by atoms with E-state index >= 15 is 0 Å². The summed E-state index contributed by atoms with van der Waals surface area (Å²) in [7, 11) is 0. The van der Waals surface area contributed by atoms with E-state index < -0.39 is 0 Å². The standard InChI is InChI=1S/C43H32N2/c1-43(2)38-19-10-9-18-36(38)37-25-24-34(27-39(37)43)30-22-20-29(21-23-30)33-16-11-17-35(26-33)41-28-40(31-12-5-3-6-13-31)44-42(45-41)32-14-7-4-8-15-32/h3-28H,1-2H3. The molecule has 0 saturated heterocycles. The van der Waals surface area contributed by atoms with Gasteiger partial charge in [0, 0.05) is 22.1 Å². The molecule has 1 aromatic heterocycles. The second kappa shape index (κ2) is 10.8. The molecule has 45 heavy (non-hydrogen) atoms. The molecule has 0 unspecified atom stereocenters. The Labute approximate surface area is 264 Å². The number of fused-ring (bicyclic) bond motifs is 3. The average Bonchev–Trinajstić information content (AvgIpc) is 3.34. The molecule has 0 bridgehead atoms. The highest BCUT2D eigenvalue weighted by molar-refractivity contribution is 5.84. The van der Waals surface area contributed by atoms with Crippen LogP contribution in [0.15, 0.2) is 158 Å². The van der Waals surface area contributed by atoms with Crippen molar-refractivity contribution >= 4 is 0 Å². The number of nitrogens with zero attached hydrogens (tertiary/aromatic N) is 2. The topological polar surface area (TPSA) is 25.8 Å². The fourth-order valence-electron chi connectivity index (χ4n) is 6.67. The highest BCUT2D eigenvalue weighted by Crippen LogP contribution is 2.49. The van der Waals surface area contributed by atoms with E-state index in [0.717, 1.165) is 39.5 Å². The Hall–Kier alpha value is -5.60. The van der Waals surface area contributed by atoms with Crippen molar-refractivity contribution in [2.24, 2.45) is 0 Å². The Kier molecular flexibility index (Phi) is 6.50. The van der Waals surface area contributed by atoms with Crippen LogP contribution < -0.4 is 0 Å². The van der Waals surface area contributed by atoms with E-state index in [1.807, 2.05) is 36.4 Å². The molecule has 0 atom stereocenters. The van der Waals surface area contributed by atoms with Crippen molar-refractivity contribution in [2.75, 3.05) is 0 Å². The van der Waals surface area contributed by atoms with Crippen molar-refractivity contribution in [3.05, 3.63) is 169 Å². The first-order valence-electron chi connectivity index (χ1n) is 15.5. The van der Waals surface area contributed by atoms with Gasteiger partial charge in [0.15, 0.2) is 5.82 Å². The lowest BCUT2D eigenvalue weighted by molar-refractivity contribution is 0.660. The number of benzene rings is 6. The van der Waals surface area contributed by atoms with Crippen molar-refractivity contribution in [1.29, 1.82) is 0 Å². The van der Waals surface area contributed by atoms with Crippen LogP contribution in [0.5, 0.6) is 0 Å². The lowest BCUT2D eigenvalue weighted by Gasteiger charge is -2.22. The molecule has 0 saturated carbocycles. The van der Waals surface area contributed by atoms with Crippen molar-refractivity contribution < 1.29 is 0 Å². The van der Waals surface area contributed by atoms with Crippen molar-refractivity contribution in [2.45, 2.75) is 19.3 Å². The van der Waals surface area contributed by atoms with Gasteiger partial charge in [-0.3, -0.25) is 0 Å². The van der Waals surface area contributed by atoms with Gasteiger partial charge in [0.05, 0.1) is 11.4 Å². The zero-order valence-corrected chi connectivity index (χ0v) is 25.4. The number of rotatable bonds is 5. The molecule has 0 amide bonds. The van der Waals surface area contributed by atoms with Crippen molar-refractivity contribution in [1.82, 2.24) is 9.97 Å². The lowest BCUT2D eigenvalue weighted by Crippen LogP contribution is -2.14. The first-order chi connectivity index (χ1) is 22.0. The Morgan fingerprint density at radius 3 is 1.58 bits per heavy atom. The second-order valence-corrected chi connectivity index (χ2v) is 12.3. The van der Waals surface area contributed by atoms with E-state index in [1.165, 1.54) is 38.9 Å². The molecule has 6 aromatic carbocycles. The molecule has 0 N–H and O–H groups in total. The van der Waals surface area contributed by atoms with E-state index in [4.69, 9.17) is 9.97 Å². The molecule has 2 nitrogen and oxygen atoms in total. The summed E-state index contributed by atoms with van der Waals surface area (Å²) in [5.74, 6) is 0.724. The zero-order chi connectivity index (χ0) is 30.4. The van der Waals surface area contributed by atoms with E-state index in [2.05, 4.69) is 135 Å².